The van der Waals surface area contributed by atoms with Crippen LogP contribution in [0.5, 0.6) is 0 Å². The number of rotatable bonds is 5. The van der Waals surface area contributed by atoms with E-state index in [4.69, 9.17) is 5.14 Å². The molecule has 0 aliphatic carbocycles. The number of carbonyl (C=O) groups is 1. The molecule has 2 aromatic carbocycles. The van der Waals surface area contributed by atoms with Crippen LogP contribution in [0.15, 0.2) is 77.1 Å². The van der Waals surface area contributed by atoms with Crippen molar-refractivity contribution in [2.75, 3.05) is 5.32 Å². The van der Waals surface area contributed by atoms with Gasteiger partial charge in [0.1, 0.15) is 0 Å². The number of aryl methyl sites for hydroxylation is 1. The van der Waals surface area contributed by atoms with Crippen LogP contribution in [0.2, 0.25) is 0 Å². The molecule has 0 saturated heterocycles. The zero-order valence-electron chi connectivity index (χ0n) is 17.8. The van der Waals surface area contributed by atoms with Crippen molar-refractivity contribution in [2.24, 2.45) is 5.14 Å². The topological polar surface area (TPSA) is 133 Å². The maximum Gasteiger partial charge on any atom is 0.276 e. The molecule has 3 aromatic heterocycles. The molecule has 34 heavy (non-hydrogen) atoms. The summed E-state index contributed by atoms with van der Waals surface area (Å²) in [5.41, 5.74) is 5.65. The van der Waals surface area contributed by atoms with Crippen molar-refractivity contribution in [3.05, 3.63) is 83.6 Å². The first-order chi connectivity index (χ1) is 16.3. The number of primary sulfonamides is 1. The van der Waals surface area contributed by atoms with Crippen LogP contribution in [0, 0.1) is 6.92 Å². The van der Waals surface area contributed by atoms with E-state index in [9.17, 15) is 13.2 Å². The average molecular weight is 491 g/mol. The lowest BCUT2D eigenvalue weighted by Gasteiger charge is -2.07. The summed E-state index contributed by atoms with van der Waals surface area (Å²) >= 11 is 1.53. The van der Waals surface area contributed by atoms with E-state index in [1.54, 1.807) is 16.3 Å². The summed E-state index contributed by atoms with van der Waals surface area (Å²) in [6.07, 6.45) is 0. The Morgan fingerprint density at radius 2 is 1.85 bits per heavy atom. The van der Waals surface area contributed by atoms with E-state index in [-0.39, 0.29) is 10.6 Å². The molecule has 11 heteroatoms. The van der Waals surface area contributed by atoms with Gasteiger partial charge >= 0.3 is 0 Å². The summed E-state index contributed by atoms with van der Waals surface area (Å²) in [5.74, 6) is 0.130. The fourth-order valence-electron chi connectivity index (χ4n) is 3.46. The van der Waals surface area contributed by atoms with Crippen LogP contribution < -0.4 is 10.5 Å². The first kappa shape index (κ1) is 21.9. The highest BCUT2D eigenvalue weighted by molar-refractivity contribution is 7.89. The number of aromatic nitrogens is 4. The highest BCUT2D eigenvalue weighted by Gasteiger charge is 2.19. The molecular formula is C23H18N6O3S2. The van der Waals surface area contributed by atoms with Crippen molar-refractivity contribution in [2.45, 2.75) is 11.8 Å². The number of benzene rings is 2. The molecular weight excluding hydrogens is 472 g/mol. The highest BCUT2D eigenvalue weighted by atomic mass is 32.2. The Morgan fingerprint density at radius 3 is 2.59 bits per heavy atom. The van der Waals surface area contributed by atoms with Crippen molar-refractivity contribution in [3.63, 3.8) is 0 Å². The van der Waals surface area contributed by atoms with Crippen LogP contribution in [-0.4, -0.2) is 34.1 Å². The van der Waals surface area contributed by atoms with Crippen LogP contribution in [0.3, 0.4) is 0 Å². The van der Waals surface area contributed by atoms with Gasteiger partial charge in [0.2, 0.25) is 10.0 Å². The number of nitrogens with zero attached hydrogens (tertiary/aromatic N) is 4. The van der Waals surface area contributed by atoms with Gasteiger partial charge in [0.15, 0.2) is 11.5 Å². The number of nitrogens with one attached hydrogen (secondary N) is 1. The lowest BCUT2D eigenvalue weighted by molar-refractivity contribution is 0.102. The molecule has 5 aromatic rings. The summed E-state index contributed by atoms with van der Waals surface area (Å²) in [6, 6.07) is 18.7. The van der Waals surface area contributed by atoms with Crippen molar-refractivity contribution in [1.29, 1.82) is 0 Å². The fraction of sp³-hybridized carbons (Fsp3) is 0.0435. The quantitative estimate of drug-likeness (QED) is 0.385. The molecule has 0 atom stereocenters. The Kier molecular flexibility index (Phi) is 5.44. The van der Waals surface area contributed by atoms with E-state index in [0.29, 0.717) is 17.2 Å². The molecule has 0 aliphatic heterocycles. The maximum atomic E-state index is 13.0. The number of fused-ring (bicyclic) bond motifs is 1. The van der Waals surface area contributed by atoms with Gasteiger partial charge in [-0.2, -0.15) is 5.10 Å². The molecule has 5 rings (SSSR count). The van der Waals surface area contributed by atoms with Crippen molar-refractivity contribution >= 4 is 43.2 Å². The van der Waals surface area contributed by atoms with Crippen LogP contribution in [-0.2, 0) is 10.0 Å². The third kappa shape index (κ3) is 4.31. The minimum atomic E-state index is -3.82. The Balaban J connectivity index is 1.54. The van der Waals surface area contributed by atoms with Gasteiger partial charge in [-0.25, -0.2) is 28.2 Å². The van der Waals surface area contributed by atoms with Gasteiger partial charge in [0.05, 0.1) is 26.3 Å². The molecule has 0 radical (unpaired) electrons. The Labute approximate surface area is 199 Å². The SMILES string of the molecule is Cc1cccc(-n2nc(C(=O)Nc3ccc(S(N)(=O)=O)cc3)cc2-c2ccc3ncsc3c2)n1. The number of anilines is 1. The summed E-state index contributed by atoms with van der Waals surface area (Å²) in [5, 5.41) is 12.4. The summed E-state index contributed by atoms with van der Waals surface area (Å²) in [7, 11) is -3.82. The van der Waals surface area contributed by atoms with Crippen molar-refractivity contribution in [3.8, 4) is 17.1 Å². The summed E-state index contributed by atoms with van der Waals surface area (Å²) in [6.45, 7) is 1.88. The zero-order chi connectivity index (χ0) is 23.9. The number of pyridine rings is 1. The predicted octanol–water partition coefficient (Wildman–Crippen LogP) is 3.75. The molecule has 0 unspecified atom stereocenters. The molecule has 1 amide bonds. The molecule has 170 valence electrons. The minimum Gasteiger partial charge on any atom is -0.321 e. The molecule has 3 heterocycles. The summed E-state index contributed by atoms with van der Waals surface area (Å²) < 4.78 is 25.6. The predicted molar refractivity (Wildman–Crippen MR) is 130 cm³/mol. The number of hydrogen-bond acceptors (Lipinski definition) is 7. The Hall–Kier alpha value is -3.93. The first-order valence-electron chi connectivity index (χ1n) is 10.1. The minimum absolute atomic E-state index is 0.0407. The van der Waals surface area contributed by atoms with Crippen LogP contribution in [0.25, 0.3) is 27.3 Å². The second-order valence-corrected chi connectivity index (χ2v) is 9.97. The number of thiazole rings is 1. The number of sulfonamides is 1. The van der Waals surface area contributed by atoms with Gasteiger partial charge in [-0.15, -0.1) is 11.3 Å². The number of amides is 1. The molecule has 0 aliphatic rings. The smallest absolute Gasteiger partial charge is 0.276 e. The van der Waals surface area contributed by atoms with Crippen molar-refractivity contribution in [1.82, 2.24) is 19.7 Å². The number of carbonyl (C=O) groups excluding carboxylic acids is 1. The standard InChI is InChI=1S/C23H18N6O3S2/c1-14-3-2-4-22(26-14)29-20(15-5-10-18-21(11-15)33-13-25-18)12-19(28-29)23(30)27-16-6-8-17(9-7-16)34(24,31)32/h2-13H,1H3,(H,27,30)(H2,24,31,32). The van der Waals surface area contributed by atoms with Gasteiger partial charge in [0, 0.05) is 16.9 Å². The molecule has 0 bridgehead atoms. The molecule has 3 N–H and O–H groups in total. The lowest BCUT2D eigenvalue weighted by atomic mass is 10.1. The van der Waals surface area contributed by atoms with Crippen LogP contribution in [0.1, 0.15) is 16.2 Å². The van der Waals surface area contributed by atoms with E-state index in [0.717, 1.165) is 21.5 Å². The molecule has 0 spiro atoms. The Morgan fingerprint density at radius 1 is 1.06 bits per heavy atom. The molecule has 0 saturated carbocycles. The monoisotopic (exact) mass is 490 g/mol. The van der Waals surface area contributed by atoms with Gasteiger partial charge < -0.3 is 5.32 Å². The van der Waals surface area contributed by atoms with Gasteiger partial charge in [-0.05, 0) is 61.5 Å². The number of nitrogens with two attached hydrogens (primary N) is 1. The van der Waals surface area contributed by atoms with Crippen LogP contribution in [0.4, 0.5) is 5.69 Å². The van der Waals surface area contributed by atoms with Crippen LogP contribution >= 0.6 is 11.3 Å². The third-order valence-corrected chi connectivity index (χ3v) is 6.82. The molecule has 9 nitrogen and oxygen atoms in total. The van der Waals surface area contributed by atoms with Gasteiger partial charge in [0.25, 0.3) is 5.91 Å². The average Bonchev–Trinajstić information content (AvgIpc) is 3.46. The Bertz CT molecular complexity index is 1640. The van der Waals surface area contributed by atoms with E-state index in [2.05, 4.69) is 20.4 Å². The van der Waals surface area contributed by atoms with E-state index < -0.39 is 15.9 Å². The number of hydrogen-bond donors (Lipinski definition) is 2. The van der Waals surface area contributed by atoms with E-state index >= 15 is 0 Å². The fourth-order valence-corrected chi connectivity index (χ4v) is 4.69. The van der Waals surface area contributed by atoms with Crippen molar-refractivity contribution < 1.29 is 13.2 Å². The van der Waals surface area contributed by atoms with Gasteiger partial charge in [-0.3, -0.25) is 4.79 Å². The molecule has 0 fully saturated rings. The summed E-state index contributed by atoms with van der Waals surface area (Å²) in [4.78, 5) is 21.8. The second kappa shape index (κ2) is 8.45. The first-order valence-corrected chi connectivity index (χ1v) is 12.5. The van der Waals surface area contributed by atoms with Gasteiger partial charge in [-0.1, -0.05) is 12.1 Å². The highest BCUT2D eigenvalue weighted by Crippen LogP contribution is 2.29. The lowest BCUT2D eigenvalue weighted by Crippen LogP contribution is -2.14. The second-order valence-electron chi connectivity index (χ2n) is 7.52. The largest absolute Gasteiger partial charge is 0.321 e. The normalized spacial score (nSPS) is 11.6. The third-order valence-electron chi connectivity index (χ3n) is 5.10. The zero-order valence-corrected chi connectivity index (χ0v) is 19.5. The van der Waals surface area contributed by atoms with E-state index in [1.165, 1.54) is 35.6 Å². The van der Waals surface area contributed by atoms with E-state index in [1.807, 2.05) is 43.3 Å². The maximum absolute atomic E-state index is 13.0.